The van der Waals surface area contributed by atoms with Gasteiger partial charge in [0.15, 0.2) is 5.65 Å². The number of aromatic nitrogens is 7. The lowest BCUT2D eigenvalue weighted by Crippen LogP contribution is -2.04. The molecule has 0 amide bonds. The normalized spacial score (nSPS) is 11.4. The maximum absolute atomic E-state index is 4.65. The Balaban J connectivity index is 1.62. The van der Waals surface area contributed by atoms with Gasteiger partial charge in [-0.05, 0) is 26.3 Å². The van der Waals surface area contributed by atoms with Crippen LogP contribution in [0, 0.1) is 13.8 Å². The van der Waals surface area contributed by atoms with Crippen LogP contribution in [0.2, 0.25) is 0 Å². The highest BCUT2D eigenvalue weighted by molar-refractivity contribution is 5.72. The van der Waals surface area contributed by atoms with E-state index in [1.54, 1.807) is 6.20 Å². The summed E-state index contributed by atoms with van der Waals surface area (Å²) in [5.74, 6) is 0.910. The van der Waals surface area contributed by atoms with Crippen LogP contribution in [-0.2, 0) is 13.1 Å². The number of hydrogen-bond donors (Lipinski definition) is 0. The van der Waals surface area contributed by atoms with Crippen LogP contribution in [0.4, 0.5) is 0 Å². The van der Waals surface area contributed by atoms with Crippen LogP contribution < -0.4 is 0 Å². The number of imidazole rings is 2. The third-order valence-corrected chi connectivity index (χ3v) is 4.11. The van der Waals surface area contributed by atoms with E-state index in [4.69, 9.17) is 0 Å². The molecular formula is C17H19N7. The number of hydrogen-bond acceptors (Lipinski definition) is 4. The SMILES string of the molecule is Cc1cc(C)n2ncc(-c3nccn3CCCn3ccnc3)c2n1. The van der Waals surface area contributed by atoms with Gasteiger partial charge >= 0.3 is 0 Å². The summed E-state index contributed by atoms with van der Waals surface area (Å²) in [6.45, 7) is 5.86. The topological polar surface area (TPSA) is 65.8 Å². The Bertz CT molecular complexity index is 962. The Morgan fingerprint density at radius 3 is 2.83 bits per heavy atom. The zero-order valence-electron chi connectivity index (χ0n) is 13.8. The molecule has 122 valence electrons. The van der Waals surface area contributed by atoms with Crippen LogP contribution >= 0.6 is 0 Å². The van der Waals surface area contributed by atoms with Crippen LogP contribution in [0.3, 0.4) is 0 Å². The predicted octanol–water partition coefficient (Wildman–Crippen LogP) is 2.50. The van der Waals surface area contributed by atoms with Crippen molar-refractivity contribution < 1.29 is 0 Å². The summed E-state index contributed by atoms with van der Waals surface area (Å²) in [5, 5.41) is 4.47. The summed E-state index contributed by atoms with van der Waals surface area (Å²) in [6, 6.07) is 2.03. The minimum atomic E-state index is 0.856. The molecule has 0 unspecified atom stereocenters. The van der Waals surface area contributed by atoms with Crippen molar-refractivity contribution in [2.45, 2.75) is 33.4 Å². The van der Waals surface area contributed by atoms with E-state index in [0.29, 0.717) is 0 Å². The summed E-state index contributed by atoms with van der Waals surface area (Å²) in [6.07, 6.45) is 12.3. The second kappa shape index (κ2) is 5.92. The molecule has 0 spiro atoms. The van der Waals surface area contributed by atoms with Crippen molar-refractivity contribution in [3.05, 3.63) is 54.8 Å². The average molecular weight is 321 g/mol. The smallest absolute Gasteiger partial charge is 0.166 e. The summed E-state index contributed by atoms with van der Waals surface area (Å²) < 4.78 is 6.11. The van der Waals surface area contributed by atoms with Crippen molar-refractivity contribution >= 4 is 5.65 Å². The molecule has 0 saturated heterocycles. The zero-order chi connectivity index (χ0) is 16.5. The lowest BCUT2D eigenvalue weighted by Gasteiger charge is -2.08. The highest BCUT2D eigenvalue weighted by Crippen LogP contribution is 2.23. The Hall–Kier alpha value is -2.96. The summed E-state index contributed by atoms with van der Waals surface area (Å²) >= 11 is 0. The molecule has 0 saturated carbocycles. The molecule has 0 aliphatic rings. The molecule has 0 bridgehead atoms. The molecule has 0 N–H and O–H groups in total. The minimum absolute atomic E-state index is 0.856. The van der Waals surface area contributed by atoms with Crippen molar-refractivity contribution in [2.75, 3.05) is 0 Å². The molecule has 0 aliphatic carbocycles. The van der Waals surface area contributed by atoms with E-state index in [2.05, 4.69) is 29.2 Å². The lowest BCUT2D eigenvalue weighted by atomic mass is 10.3. The van der Waals surface area contributed by atoms with Gasteiger partial charge in [-0.25, -0.2) is 19.5 Å². The first-order valence-corrected chi connectivity index (χ1v) is 8.01. The monoisotopic (exact) mass is 321 g/mol. The van der Waals surface area contributed by atoms with E-state index < -0.39 is 0 Å². The average Bonchev–Trinajstić information content (AvgIpc) is 3.26. The van der Waals surface area contributed by atoms with E-state index in [1.165, 1.54) is 0 Å². The number of nitrogens with zero attached hydrogens (tertiary/aromatic N) is 7. The van der Waals surface area contributed by atoms with Crippen molar-refractivity contribution in [1.29, 1.82) is 0 Å². The molecule has 4 rings (SSSR count). The van der Waals surface area contributed by atoms with Crippen LogP contribution in [0.25, 0.3) is 17.0 Å². The van der Waals surface area contributed by atoms with Crippen molar-refractivity contribution in [3.63, 3.8) is 0 Å². The first-order chi connectivity index (χ1) is 11.7. The molecule has 0 aliphatic heterocycles. The first-order valence-electron chi connectivity index (χ1n) is 8.01. The molecule has 4 aromatic rings. The molecular weight excluding hydrogens is 302 g/mol. The molecule has 7 nitrogen and oxygen atoms in total. The molecule has 24 heavy (non-hydrogen) atoms. The molecule has 4 heterocycles. The number of aryl methyl sites for hydroxylation is 4. The highest BCUT2D eigenvalue weighted by atomic mass is 15.3. The molecule has 0 fully saturated rings. The fraction of sp³-hybridized carbons (Fsp3) is 0.294. The van der Waals surface area contributed by atoms with Crippen molar-refractivity contribution in [1.82, 2.24) is 33.7 Å². The van der Waals surface area contributed by atoms with E-state index in [1.807, 2.05) is 55.5 Å². The third-order valence-electron chi connectivity index (χ3n) is 4.11. The van der Waals surface area contributed by atoms with Gasteiger partial charge in [0.05, 0.1) is 18.1 Å². The predicted molar refractivity (Wildman–Crippen MR) is 90.5 cm³/mol. The Labute approximate surface area is 139 Å². The second-order valence-corrected chi connectivity index (χ2v) is 5.93. The lowest BCUT2D eigenvalue weighted by molar-refractivity contribution is 0.566. The van der Waals surface area contributed by atoms with Gasteiger partial charge in [-0.3, -0.25) is 0 Å². The number of rotatable bonds is 5. The molecule has 7 heteroatoms. The quantitative estimate of drug-likeness (QED) is 0.566. The minimum Gasteiger partial charge on any atom is -0.337 e. The third kappa shape index (κ3) is 2.58. The van der Waals surface area contributed by atoms with E-state index in [-0.39, 0.29) is 0 Å². The largest absolute Gasteiger partial charge is 0.337 e. The van der Waals surface area contributed by atoms with Crippen LogP contribution in [0.1, 0.15) is 17.8 Å². The van der Waals surface area contributed by atoms with Gasteiger partial charge in [-0.2, -0.15) is 5.10 Å². The van der Waals surface area contributed by atoms with Crippen LogP contribution in [0.15, 0.2) is 43.4 Å². The molecule has 4 aromatic heterocycles. The Kier molecular flexibility index (Phi) is 3.60. The number of fused-ring (bicyclic) bond motifs is 1. The van der Waals surface area contributed by atoms with Crippen LogP contribution in [0.5, 0.6) is 0 Å². The van der Waals surface area contributed by atoms with Gasteiger partial charge in [0.2, 0.25) is 0 Å². The maximum atomic E-state index is 4.65. The van der Waals surface area contributed by atoms with E-state index in [9.17, 15) is 0 Å². The zero-order valence-corrected chi connectivity index (χ0v) is 13.8. The standard InChI is InChI=1S/C17H19N7/c1-13-10-14(2)24-17(21-13)15(11-20-24)16-19-5-9-23(16)7-3-6-22-8-4-18-12-22/h4-5,8-12H,3,6-7H2,1-2H3. The van der Waals surface area contributed by atoms with Crippen LogP contribution in [-0.4, -0.2) is 33.7 Å². The van der Waals surface area contributed by atoms with Gasteiger partial charge in [0, 0.05) is 49.3 Å². The summed E-state index contributed by atoms with van der Waals surface area (Å²) in [4.78, 5) is 13.3. The van der Waals surface area contributed by atoms with Gasteiger partial charge < -0.3 is 9.13 Å². The summed E-state index contributed by atoms with van der Waals surface area (Å²) in [7, 11) is 0. The molecule has 0 aromatic carbocycles. The highest BCUT2D eigenvalue weighted by Gasteiger charge is 2.14. The maximum Gasteiger partial charge on any atom is 0.166 e. The first kappa shape index (κ1) is 14.6. The Morgan fingerprint density at radius 2 is 2.00 bits per heavy atom. The fourth-order valence-electron chi connectivity index (χ4n) is 3.00. The molecule has 0 radical (unpaired) electrons. The van der Waals surface area contributed by atoms with E-state index >= 15 is 0 Å². The Morgan fingerprint density at radius 1 is 1.08 bits per heavy atom. The summed E-state index contributed by atoms with van der Waals surface area (Å²) in [5.41, 5.74) is 3.88. The van der Waals surface area contributed by atoms with Gasteiger partial charge in [0.25, 0.3) is 0 Å². The van der Waals surface area contributed by atoms with Gasteiger partial charge in [-0.1, -0.05) is 0 Å². The van der Waals surface area contributed by atoms with E-state index in [0.717, 1.165) is 47.9 Å². The van der Waals surface area contributed by atoms with Gasteiger partial charge in [-0.15, -0.1) is 0 Å². The molecule has 0 atom stereocenters. The fourth-order valence-corrected chi connectivity index (χ4v) is 3.00. The van der Waals surface area contributed by atoms with Gasteiger partial charge in [0.1, 0.15) is 5.82 Å². The van der Waals surface area contributed by atoms with Crippen molar-refractivity contribution in [2.24, 2.45) is 0 Å². The van der Waals surface area contributed by atoms with Crippen molar-refractivity contribution in [3.8, 4) is 11.4 Å². The second-order valence-electron chi connectivity index (χ2n) is 5.93.